The molecule has 4 rings (SSSR count). The summed E-state index contributed by atoms with van der Waals surface area (Å²) in [7, 11) is 0. The number of halogens is 2. The Balaban J connectivity index is 1.58. The number of benzene rings is 3. The van der Waals surface area contributed by atoms with Gasteiger partial charge in [0.2, 0.25) is 0 Å². The molecule has 0 radical (unpaired) electrons. The zero-order valence-electron chi connectivity index (χ0n) is 18.5. The van der Waals surface area contributed by atoms with Gasteiger partial charge in [0.1, 0.15) is 5.82 Å². The number of ether oxygens (including phenoxy) is 2. The highest BCUT2D eigenvalue weighted by atomic mass is 79.9. The number of hydrogen-bond acceptors (Lipinski definition) is 6. The van der Waals surface area contributed by atoms with E-state index in [4.69, 9.17) is 9.47 Å². The van der Waals surface area contributed by atoms with Crippen LogP contribution < -0.4 is 9.47 Å². The van der Waals surface area contributed by atoms with E-state index in [1.54, 1.807) is 55.5 Å². The van der Waals surface area contributed by atoms with Gasteiger partial charge in [0.15, 0.2) is 11.5 Å². The van der Waals surface area contributed by atoms with Gasteiger partial charge in [0.05, 0.1) is 28.1 Å². The molecule has 0 aromatic heterocycles. The van der Waals surface area contributed by atoms with Gasteiger partial charge in [0, 0.05) is 0 Å². The minimum Gasteiger partial charge on any atom is -0.490 e. The van der Waals surface area contributed by atoms with Gasteiger partial charge in [0.25, 0.3) is 11.1 Å². The number of thioether (sulfide) groups is 1. The van der Waals surface area contributed by atoms with Gasteiger partial charge in [-0.15, -0.1) is 0 Å². The van der Waals surface area contributed by atoms with Gasteiger partial charge in [-0.05, 0) is 88.2 Å². The molecular formula is C26H19BrFNO5S. The summed E-state index contributed by atoms with van der Waals surface area (Å²) >= 11 is 4.24. The molecule has 1 aliphatic rings. The first-order chi connectivity index (χ1) is 16.9. The Bertz CT molecular complexity index is 1310. The molecule has 0 bridgehead atoms. The van der Waals surface area contributed by atoms with Crippen molar-refractivity contribution in [2.24, 2.45) is 0 Å². The lowest BCUT2D eigenvalue weighted by molar-refractivity contribution is -0.123. The number of carbonyl (C=O) groups is 3. The molecule has 0 spiro atoms. The fourth-order valence-electron chi connectivity index (χ4n) is 3.32. The molecule has 1 heterocycles. The smallest absolute Gasteiger partial charge is 0.343 e. The molecule has 0 atom stereocenters. The standard InChI is InChI=1S/C26H19BrFNO5S/c1-2-33-21-13-17(12-20(27)23(21)34-25(31)18-6-4-3-5-7-18)14-22-24(30)29(26(32)35-22)15-16-8-10-19(28)11-9-16/h3-14H,2,15H2,1H3/b22-14-. The average molecular weight is 556 g/mol. The fourth-order valence-corrected chi connectivity index (χ4v) is 4.70. The molecule has 3 aromatic rings. The van der Waals surface area contributed by atoms with Crippen LogP contribution in [0, 0.1) is 5.82 Å². The lowest BCUT2D eigenvalue weighted by Gasteiger charge is -2.14. The molecular weight excluding hydrogens is 537 g/mol. The molecule has 0 unspecified atom stereocenters. The van der Waals surface area contributed by atoms with E-state index in [2.05, 4.69) is 15.9 Å². The van der Waals surface area contributed by atoms with Crippen molar-refractivity contribution in [1.82, 2.24) is 4.90 Å². The van der Waals surface area contributed by atoms with E-state index >= 15 is 0 Å². The third-order valence-corrected chi connectivity index (χ3v) is 6.46. The quantitative estimate of drug-likeness (QED) is 0.190. The minimum absolute atomic E-state index is 0.0462. The van der Waals surface area contributed by atoms with Crippen molar-refractivity contribution in [3.63, 3.8) is 0 Å². The summed E-state index contributed by atoms with van der Waals surface area (Å²) in [4.78, 5) is 39.2. The second-order valence-corrected chi connectivity index (χ2v) is 9.26. The summed E-state index contributed by atoms with van der Waals surface area (Å²) in [5.74, 6) is -0.860. The zero-order chi connectivity index (χ0) is 24.9. The Morgan fingerprint density at radius 1 is 1.09 bits per heavy atom. The Labute approximate surface area is 213 Å². The number of esters is 1. The van der Waals surface area contributed by atoms with Crippen LogP contribution in [-0.2, 0) is 11.3 Å². The Kier molecular flexibility index (Phi) is 7.67. The topological polar surface area (TPSA) is 72.9 Å². The van der Waals surface area contributed by atoms with Crippen molar-refractivity contribution in [3.8, 4) is 11.5 Å². The van der Waals surface area contributed by atoms with Gasteiger partial charge in [-0.1, -0.05) is 30.3 Å². The molecule has 0 aliphatic carbocycles. The van der Waals surface area contributed by atoms with E-state index in [1.165, 1.54) is 24.3 Å². The molecule has 1 fully saturated rings. The molecule has 1 aliphatic heterocycles. The first kappa shape index (κ1) is 24.7. The van der Waals surface area contributed by atoms with Crippen LogP contribution in [0.15, 0.2) is 76.1 Å². The van der Waals surface area contributed by atoms with E-state index in [9.17, 15) is 18.8 Å². The third kappa shape index (κ3) is 5.80. The summed E-state index contributed by atoms with van der Waals surface area (Å²) < 4.78 is 24.9. The van der Waals surface area contributed by atoms with Crippen molar-refractivity contribution in [1.29, 1.82) is 0 Å². The van der Waals surface area contributed by atoms with Crippen LogP contribution in [0.2, 0.25) is 0 Å². The van der Waals surface area contributed by atoms with Crippen LogP contribution in [0.5, 0.6) is 11.5 Å². The van der Waals surface area contributed by atoms with Crippen LogP contribution >= 0.6 is 27.7 Å². The van der Waals surface area contributed by atoms with Crippen LogP contribution in [0.3, 0.4) is 0 Å². The first-order valence-corrected chi connectivity index (χ1v) is 12.2. The van der Waals surface area contributed by atoms with E-state index < -0.39 is 22.9 Å². The Hall–Kier alpha value is -3.43. The normalized spacial score (nSPS) is 14.5. The molecule has 2 amide bonds. The molecule has 1 saturated heterocycles. The Morgan fingerprint density at radius 3 is 2.49 bits per heavy atom. The monoisotopic (exact) mass is 555 g/mol. The number of imide groups is 1. The minimum atomic E-state index is -0.540. The fraction of sp³-hybridized carbons (Fsp3) is 0.115. The molecule has 0 saturated carbocycles. The highest BCUT2D eigenvalue weighted by Gasteiger charge is 2.35. The van der Waals surface area contributed by atoms with Gasteiger partial charge < -0.3 is 9.47 Å². The number of nitrogens with zero attached hydrogens (tertiary/aromatic N) is 1. The molecule has 3 aromatic carbocycles. The van der Waals surface area contributed by atoms with Crippen molar-refractivity contribution >= 4 is 50.9 Å². The number of amides is 2. The maximum Gasteiger partial charge on any atom is 0.343 e. The van der Waals surface area contributed by atoms with Gasteiger partial charge in [-0.25, -0.2) is 9.18 Å². The average Bonchev–Trinajstić information content (AvgIpc) is 3.10. The predicted octanol–water partition coefficient (Wildman–Crippen LogP) is 6.44. The van der Waals surface area contributed by atoms with Crippen LogP contribution in [0.4, 0.5) is 9.18 Å². The van der Waals surface area contributed by atoms with E-state index in [-0.39, 0.29) is 17.2 Å². The van der Waals surface area contributed by atoms with Crippen LogP contribution in [0.1, 0.15) is 28.4 Å². The summed E-state index contributed by atoms with van der Waals surface area (Å²) in [6.07, 6.45) is 1.58. The summed E-state index contributed by atoms with van der Waals surface area (Å²) in [6, 6.07) is 17.5. The second kappa shape index (κ2) is 10.9. The SMILES string of the molecule is CCOc1cc(/C=C2\SC(=O)N(Cc3ccc(F)cc3)C2=O)cc(Br)c1OC(=O)c1ccccc1. The van der Waals surface area contributed by atoms with E-state index in [0.29, 0.717) is 33.5 Å². The number of hydrogen-bond donors (Lipinski definition) is 0. The lowest BCUT2D eigenvalue weighted by atomic mass is 10.1. The van der Waals surface area contributed by atoms with E-state index in [0.717, 1.165) is 16.7 Å². The van der Waals surface area contributed by atoms with Crippen LogP contribution in [0.25, 0.3) is 6.08 Å². The predicted molar refractivity (Wildman–Crippen MR) is 135 cm³/mol. The third-order valence-electron chi connectivity index (χ3n) is 4.96. The number of rotatable bonds is 7. The van der Waals surface area contributed by atoms with Gasteiger partial charge >= 0.3 is 5.97 Å². The second-order valence-electron chi connectivity index (χ2n) is 7.41. The Morgan fingerprint density at radius 2 is 1.80 bits per heavy atom. The first-order valence-electron chi connectivity index (χ1n) is 10.6. The molecule has 178 valence electrons. The maximum atomic E-state index is 13.2. The van der Waals surface area contributed by atoms with Crippen molar-refractivity contribution in [3.05, 3.63) is 98.6 Å². The van der Waals surface area contributed by atoms with Crippen molar-refractivity contribution in [2.75, 3.05) is 6.61 Å². The lowest BCUT2D eigenvalue weighted by Crippen LogP contribution is -2.27. The van der Waals surface area contributed by atoms with Crippen LogP contribution in [-0.4, -0.2) is 28.6 Å². The summed E-state index contributed by atoms with van der Waals surface area (Å²) in [5, 5.41) is -0.414. The van der Waals surface area contributed by atoms with Crippen molar-refractivity contribution < 1.29 is 28.2 Å². The zero-order valence-corrected chi connectivity index (χ0v) is 20.9. The molecule has 6 nitrogen and oxygen atoms in total. The molecule has 9 heteroatoms. The largest absolute Gasteiger partial charge is 0.490 e. The number of carbonyl (C=O) groups excluding carboxylic acids is 3. The molecule has 35 heavy (non-hydrogen) atoms. The maximum absolute atomic E-state index is 13.2. The highest BCUT2D eigenvalue weighted by Crippen LogP contribution is 2.40. The molecule has 0 N–H and O–H groups in total. The highest BCUT2D eigenvalue weighted by molar-refractivity contribution is 9.10. The van der Waals surface area contributed by atoms with E-state index in [1.807, 2.05) is 0 Å². The van der Waals surface area contributed by atoms with Gasteiger partial charge in [-0.3, -0.25) is 14.5 Å². The van der Waals surface area contributed by atoms with Crippen molar-refractivity contribution in [2.45, 2.75) is 13.5 Å². The summed E-state index contributed by atoms with van der Waals surface area (Å²) in [6.45, 7) is 2.16. The van der Waals surface area contributed by atoms with Gasteiger partial charge in [-0.2, -0.15) is 0 Å². The summed E-state index contributed by atoms with van der Waals surface area (Å²) in [5.41, 5.74) is 1.61.